The first-order valence-electron chi connectivity index (χ1n) is 28.2. The van der Waals surface area contributed by atoms with Crippen LogP contribution in [0.25, 0.3) is 94.5 Å². The molecule has 11 aromatic rings. The van der Waals surface area contributed by atoms with Gasteiger partial charge in [-0.05, 0) is 129 Å². The average Bonchev–Trinajstić information content (AvgIpc) is 3.79. The zero-order chi connectivity index (χ0) is 55.9. The van der Waals surface area contributed by atoms with Crippen molar-refractivity contribution in [1.82, 2.24) is 14.1 Å². The summed E-state index contributed by atoms with van der Waals surface area (Å²) in [6.07, 6.45) is 5.30. The molecule has 0 bridgehead atoms. The minimum Gasteiger partial charge on any atom is -0.458 e. The number of pyridine rings is 1. The number of imidazole rings is 1. The lowest BCUT2D eigenvalue weighted by molar-refractivity contribution is -0.570. The summed E-state index contributed by atoms with van der Waals surface area (Å²) in [5.74, 6) is 1.70. The van der Waals surface area contributed by atoms with Crippen molar-refractivity contribution in [3.05, 3.63) is 211 Å². The number of ether oxygens (including phenoxy) is 1. The Hall–Kier alpha value is -8.02. The van der Waals surface area contributed by atoms with Crippen LogP contribution in [0.2, 0.25) is 0 Å². The molecule has 4 heterocycles. The van der Waals surface area contributed by atoms with Gasteiger partial charge < -0.3 is 4.74 Å². The molecular formula is C60H46N4O. The van der Waals surface area contributed by atoms with E-state index in [2.05, 4.69) is 49.9 Å². The molecule has 1 aliphatic rings. The Morgan fingerprint density at radius 2 is 1.22 bits per heavy atom. The summed E-state index contributed by atoms with van der Waals surface area (Å²) in [5, 5.41) is 2.04. The molecule has 3 aromatic heterocycles. The summed E-state index contributed by atoms with van der Waals surface area (Å²) < 4.78 is 139. The van der Waals surface area contributed by atoms with Gasteiger partial charge in [-0.1, -0.05) is 148 Å². The zero-order valence-electron chi connectivity index (χ0n) is 49.5. The van der Waals surface area contributed by atoms with E-state index in [1.165, 1.54) is 24.3 Å². The molecule has 312 valence electrons. The fraction of sp³-hybridized carbons (Fsp3) is 0.100. The minimum atomic E-state index is -2.87. The molecule has 12 rings (SSSR count). The third kappa shape index (κ3) is 6.22. The van der Waals surface area contributed by atoms with Crippen LogP contribution in [-0.4, -0.2) is 14.1 Å². The summed E-state index contributed by atoms with van der Waals surface area (Å²) >= 11 is 0. The van der Waals surface area contributed by atoms with Crippen molar-refractivity contribution < 1.29 is 28.5 Å². The number of benzene rings is 8. The third-order valence-corrected chi connectivity index (χ3v) is 12.2. The van der Waals surface area contributed by atoms with Gasteiger partial charge in [0.15, 0.2) is 0 Å². The van der Waals surface area contributed by atoms with Gasteiger partial charge in [0.05, 0.1) is 44.4 Å². The lowest BCUT2D eigenvalue weighted by atomic mass is 9.87. The highest BCUT2D eigenvalue weighted by Crippen LogP contribution is 2.46. The highest BCUT2D eigenvalue weighted by atomic mass is 16.5. The van der Waals surface area contributed by atoms with E-state index < -0.39 is 62.0 Å². The summed E-state index contributed by atoms with van der Waals surface area (Å²) in [5.41, 5.74) is 2.96. The van der Waals surface area contributed by atoms with Gasteiger partial charge in [0, 0.05) is 31.3 Å². The highest BCUT2D eigenvalue weighted by molar-refractivity contribution is 6.09. The molecule has 65 heavy (non-hydrogen) atoms. The number of aryl methyl sites for hydroxylation is 2. The van der Waals surface area contributed by atoms with Gasteiger partial charge in [0.25, 0.3) is 6.33 Å². The van der Waals surface area contributed by atoms with E-state index in [0.717, 1.165) is 33.2 Å². The summed E-state index contributed by atoms with van der Waals surface area (Å²) in [7, 11) is 0. The van der Waals surface area contributed by atoms with Gasteiger partial charge in [0.2, 0.25) is 0 Å². The molecule has 8 aromatic carbocycles. The molecule has 0 atom stereocenters. The van der Waals surface area contributed by atoms with Crippen LogP contribution < -0.4 is 9.30 Å². The minimum absolute atomic E-state index is 0.0551. The molecule has 0 saturated heterocycles. The average molecular weight is 853 g/mol. The Labute approximate surface area is 398 Å². The van der Waals surface area contributed by atoms with E-state index in [1.54, 1.807) is 57.7 Å². The predicted molar refractivity (Wildman–Crippen MR) is 266 cm³/mol. The monoisotopic (exact) mass is 852 g/mol. The van der Waals surface area contributed by atoms with Gasteiger partial charge >= 0.3 is 0 Å². The second-order valence-electron chi connectivity index (χ2n) is 17.2. The molecule has 0 unspecified atom stereocenters. The van der Waals surface area contributed by atoms with Crippen molar-refractivity contribution in [3.8, 4) is 73.2 Å². The largest absolute Gasteiger partial charge is 0.458 e. The van der Waals surface area contributed by atoms with Crippen LogP contribution in [-0.2, 0) is 5.41 Å². The number of rotatable bonds is 5. The van der Waals surface area contributed by atoms with Crippen molar-refractivity contribution in [2.75, 3.05) is 0 Å². The number of aromatic nitrogens is 4. The second kappa shape index (κ2) is 14.8. The normalized spacial score (nSPS) is 15.6. The van der Waals surface area contributed by atoms with Crippen LogP contribution in [0.5, 0.6) is 11.5 Å². The highest BCUT2D eigenvalue weighted by Gasteiger charge is 2.27. The van der Waals surface area contributed by atoms with Gasteiger partial charge in [-0.2, -0.15) is 0 Å². The van der Waals surface area contributed by atoms with Crippen LogP contribution in [0.1, 0.15) is 56.7 Å². The molecule has 1 aliphatic heterocycles. The SMILES string of the molecule is [2H]c1c([2H])c([2H])c2c(c1[2H])-c1cccc(-c3c(C([2H])([2H])[2H])cccc3C([2H])([2H])[2H])c1-[n+]1[c-]n(-c3cccc(Oc4ccc5c6ccccc6n(-c6cc(C(C)(C)C)ccn6)c5c4)c3)c3cccc(c31)-c1c([2H])c([2H])c([2H])c([2H])c1-2. The molecule has 0 spiro atoms. The summed E-state index contributed by atoms with van der Waals surface area (Å²) in [4.78, 5) is 4.83. The van der Waals surface area contributed by atoms with Crippen LogP contribution in [0.4, 0.5) is 0 Å². The van der Waals surface area contributed by atoms with E-state index in [0.29, 0.717) is 22.7 Å². The van der Waals surface area contributed by atoms with E-state index in [9.17, 15) is 5.48 Å². The number of nitrogens with zero attached hydrogens (tertiary/aromatic N) is 4. The zero-order valence-corrected chi connectivity index (χ0v) is 35.5. The smallest absolute Gasteiger partial charge is 0.269 e. The van der Waals surface area contributed by atoms with Gasteiger partial charge in [-0.3, -0.25) is 13.7 Å². The number of fused-ring (bicyclic) bond motifs is 10. The molecule has 0 N–H and O–H groups in total. The third-order valence-electron chi connectivity index (χ3n) is 12.2. The quantitative estimate of drug-likeness (QED) is 0.128. The fourth-order valence-electron chi connectivity index (χ4n) is 9.24. The van der Waals surface area contributed by atoms with E-state index in [1.807, 2.05) is 48.7 Å². The molecular weight excluding hydrogens is 793 g/mol. The summed E-state index contributed by atoms with van der Waals surface area (Å²) in [6.45, 7) is 0.745. The van der Waals surface area contributed by atoms with Crippen molar-refractivity contribution in [2.45, 2.75) is 39.9 Å². The standard InChI is InChI=1S/C60H46N4O/c1-38-16-12-17-39(2)57(38)52-27-14-25-50-46-22-8-6-20-44(46)45-21-7-9-23-47(45)51-26-15-29-54-59(51)63(58(50)52)37-62(54)41-18-13-19-42(35-41)65-43-30-31-49-48-24-10-11-28-53(48)64(55(49)36-43)56-34-40(32-33-61-56)60(3,4)5/h6-36H,1-5H3/i1D3,2D3,6D,7D,8D,9D,20D,21D,22D,23D. The lowest BCUT2D eigenvalue weighted by Gasteiger charge is -2.20. The lowest BCUT2D eigenvalue weighted by Crippen LogP contribution is -2.32. The molecule has 5 heteroatoms. The number of para-hydroxylation sites is 3. The first-order chi connectivity index (χ1) is 37.4. The number of hydrogen-bond acceptors (Lipinski definition) is 2. The second-order valence-corrected chi connectivity index (χ2v) is 17.2. The van der Waals surface area contributed by atoms with E-state index in [-0.39, 0.29) is 72.3 Å². The van der Waals surface area contributed by atoms with Gasteiger partial charge in [-0.25, -0.2) is 4.98 Å². The van der Waals surface area contributed by atoms with Crippen molar-refractivity contribution >= 4 is 32.8 Å². The van der Waals surface area contributed by atoms with Crippen LogP contribution in [0, 0.1) is 20.0 Å². The van der Waals surface area contributed by atoms with Crippen molar-refractivity contribution in [2.24, 2.45) is 0 Å². The number of hydrogen-bond donors (Lipinski definition) is 0. The first kappa shape index (κ1) is 26.6. The Kier molecular flexibility index (Phi) is 6.04. The van der Waals surface area contributed by atoms with Gasteiger partial charge in [0.1, 0.15) is 17.3 Å². The molecule has 0 aliphatic carbocycles. The van der Waals surface area contributed by atoms with Crippen LogP contribution in [0.15, 0.2) is 188 Å². The van der Waals surface area contributed by atoms with Crippen molar-refractivity contribution in [3.63, 3.8) is 0 Å². The molecule has 0 radical (unpaired) electrons. The van der Waals surface area contributed by atoms with Crippen LogP contribution >= 0.6 is 0 Å². The Bertz CT molecular complexity index is 4380. The Morgan fingerprint density at radius 3 is 1.98 bits per heavy atom. The molecule has 0 saturated carbocycles. The van der Waals surface area contributed by atoms with E-state index >= 15 is 0 Å². The Balaban J connectivity index is 1.14. The maximum absolute atomic E-state index is 9.62. The summed E-state index contributed by atoms with van der Waals surface area (Å²) in [6, 6.07) is 34.4. The maximum Gasteiger partial charge on any atom is 0.269 e. The fourth-order valence-corrected chi connectivity index (χ4v) is 9.24. The van der Waals surface area contributed by atoms with Gasteiger partial charge in [-0.15, -0.1) is 0 Å². The topological polar surface area (TPSA) is 35.9 Å². The molecule has 0 fully saturated rings. The predicted octanol–water partition coefficient (Wildman–Crippen LogP) is 14.9. The van der Waals surface area contributed by atoms with E-state index in [4.69, 9.17) is 23.4 Å². The van der Waals surface area contributed by atoms with Crippen molar-refractivity contribution in [1.29, 1.82) is 0 Å². The Morgan fingerprint density at radius 1 is 0.585 bits per heavy atom. The molecule has 0 amide bonds. The van der Waals surface area contributed by atoms with Crippen LogP contribution in [0.3, 0.4) is 0 Å². The first-order valence-corrected chi connectivity index (χ1v) is 21.2. The molecule has 5 nitrogen and oxygen atoms in total. The maximum atomic E-state index is 9.62.